The summed E-state index contributed by atoms with van der Waals surface area (Å²) in [6, 6.07) is 51.4. The molecule has 9 aromatic rings. The minimum absolute atomic E-state index is 0. The minimum Gasteiger partial charge on any atom is -0.332 e. The number of hydrogen-bond acceptors (Lipinski definition) is 3. The van der Waals surface area contributed by atoms with Crippen molar-refractivity contribution in [3.63, 3.8) is 0 Å². The molecule has 0 atom stereocenters. The predicted octanol–water partition coefficient (Wildman–Crippen LogP) is 14.3. The van der Waals surface area contributed by atoms with Crippen LogP contribution in [0.25, 0.3) is 70.7 Å². The second-order valence-corrected chi connectivity index (χ2v) is 23.9. The Bertz CT molecular complexity index is 2920. The van der Waals surface area contributed by atoms with E-state index in [1.54, 1.807) is 23.5 Å². The Labute approximate surface area is 372 Å². The molecule has 0 saturated carbocycles. The van der Waals surface area contributed by atoms with E-state index in [9.17, 15) is 4.39 Å². The van der Waals surface area contributed by atoms with Gasteiger partial charge in [-0.3, -0.25) is 4.98 Å². The number of aromatic nitrogens is 3. The van der Waals surface area contributed by atoms with E-state index in [1.165, 1.54) is 32.3 Å². The molecule has 1 radical (unpaired) electrons. The number of rotatable bonds is 7. The van der Waals surface area contributed by atoms with Gasteiger partial charge in [-0.15, -0.1) is 54.1 Å². The van der Waals surface area contributed by atoms with Gasteiger partial charge in [0, 0.05) is 36.6 Å². The van der Waals surface area contributed by atoms with Gasteiger partial charge in [-0.25, -0.2) is 4.39 Å². The maximum Gasteiger partial charge on any atom is 0.125 e. The van der Waals surface area contributed by atoms with Crippen LogP contribution < -0.4 is 5.19 Å². The second-order valence-electron chi connectivity index (χ2n) is 17.8. The van der Waals surface area contributed by atoms with Crippen LogP contribution >= 0.6 is 11.3 Å². The molecule has 0 unspecified atom stereocenters. The molecule has 60 heavy (non-hydrogen) atoms. The molecule has 0 amide bonds. The van der Waals surface area contributed by atoms with Crippen LogP contribution in [0.5, 0.6) is 0 Å². The van der Waals surface area contributed by atoms with Crippen molar-refractivity contribution in [3.8, 4) is 39.5 Å². The molecule has 3 aromatic heterocycles. The van der Waals surface area contributed by atoms with Gasteiger partial charge in [-0.1, -0.05) is 144 Å². The zero-order valence-electron chi connectivity index (χ0n) is 35.5. The molecule has 0 aliphatic carbocycles. The van der Waals surface area contributed by atoms with E-state index in [1.807, 2.05) is 30.3 Å². The van der Waals surface area contributed by atoms with Crippen LogP contribution in [0.3, 0.4) is 0 Å². The van der Waals surface area contributed by atoms with Gasteiger partial charge in [0.05, 0.1) is 30.6 Å². The Morgan fingerprint density at radius 3 is 2.25 bits per heavy atom. The summed E-state index contributed by atoms with van der Waals surface area (Å²) in [5.41, 5.74) is 10.2. The molecule has 0 saturated heterocycles. The standard InChI is InChI=1S/C35H26FN2S.C18H24NSi.Ir/c1-35(2,3)28-17-10-14-24(22-11-5-4-6-12-22)32(28)38-30-21-23(36)19-20-29(30)37-34(38)27-16-9-15-26-25-13-7-8-18-31(25)39-33(26)27;1-14(2)11-16-12-17(15-9-7-6-8-10-15)19-13-18(16)20(3,4)5;/h4-15,17-21H,1-3H3;6-9,12-14H,11H2,1-5H3;/q2*-1;. The topological polar surface area (TPSA) is 30.7 Å². The molecule has 305 valence electrons. The third-order valence-electron chi connectivity index (χ3n) is 10.7. The van der Waals surface area contributed by atoms with E-state index in [2.05, 4.69) is 167 Å². The molecule has 0 aliphatic rings. The summed E-state index contributed by atoms with van der Waals surface area (Å²) in [5.74, 6) is 1.15. The summed E-state index contributed by atoms with van der Waals surface area (Å²) in [7, 11) is -1.34. The maximum atomic E-state index is 14.8. The fourth-order valence-electron chi connectivity index (χ4n) is 8.02. The first-order chi connectivity index (χ1) is 28.3. The summed E-state index contributed by atoms with van der Waals surface area (Å²) in [6.07, 6.45) is 3.24. The average molecular weight is 1000 g/mol. The predicted molar refractivity (Wildman–Crippen MR) is 252 cm³/mol. The zero-order chi connectivity index (χ0) is 41.5. The van der Waals surface area contributed by atoms with Crippen molar-refractivity contribution < 1.29 is 24.5 Å². The Morgan fingerprint density at radius 2 is 1.53 bits per heavy atom. The molecule has 0 fully saturated rings. The van der Waals surface area contributed by atoms with Crippen LogP contribution in [0.1, 0.15) is 45.7 Å². The molecule has 0 bridgehead atoms. The molecule has 0 spiro atoms. The fraction of sp³-hybridized carbons (Fsp3) is 0.208. The van der Waals surface area contributed by atoms with Crippen molar-refractivity contribution in [2.45, 2.75) is 66.1 Å². The number of para-hydroxylation sites is 1. The quantitative estimate of drug-likeness (QED) is 0.118. The second kappa shape index (κ2) is 17.5. The van der Waals surface area contributed by atoms with Gasteiger partial charge in [-0.2, -0.15) is 11.3 Å². The third kappa shape index (κ3) is 8.73. The summed E-state index contributed by atoms with van der Waals surface area (Å²) < 4.78 is 19.4. The van der Waals surface area contributed by atoms with Crippen LogP contribution in [0.4, 0.5) is 4.39 Å². The van der Waals surface area contributed by atoms with E-state index in [4.69, 9.17) is 4.98 Å². The van der Waals surface area contributed by atoms with Crippen molar-refractivity contribution >= 4 is 55.8 Å². The van der Waals surface area contributed by atoms with Crippen molar-refractivity contribution in [2.75, 3.05) is 0 Å². The smallest absolute Gasteiger partial charge is 0.125 e. The summed E-state index contributed by atoms with van der Waals surface area (Å²) in [5, 5.41) is 3.90. The van der Waals surface area contributed by atoms with E-state index in [0.717, 1.165) is 67.2 Å². The number of halogens is 1. The number of thiophene rings is 1. The van der Waals surface area contributed by atoms with Crippen LogP contribution in [0.2, 0.25) is 19.6 Å². The zero-order valence-corrected chi connectivity index (χ0v) is 39.7. The van der Waals surface area contributed by atoms with Crippen LogP contribution in [0.15, 0.2) is 140 Å². The van der Waals surface area contributed by atoms with E-state index in [0.29, 0.717) is 5.92 Å². The van der Waals surface area contributed by atoms with Gasteiger partial charge in [0.25, 0.3) is 0 Å². The van der Waals surface area contributed by atoms with Gasteiger partial charge in [0.1, 0.15) is 5.82 Å². The number of hydrogen-bond donors (Lipinski definition) is 0. The number of fused-ring (bicyclic) bond motifs is 4. The molecule has 7 heteroatoms. The first kappa shape index (κ1) is 43.1. The van der Waals surface area contributed by atoms with Crippen LogP contribution in [0, 0.1) is 23.9 Å². The molecule has 3 heterocycles. The Kier molecular flexibility index (Phi) is 12.6. The first-order valence-electron chi connectivity index (χ1n) is 20.4. The first-order valence-corrected chi connectivity index (χ1v) is 24.8. The monoisotopic (exact) mass is 1000 g/mol. The number of pyridine rings is 1. The fourth-order valence-corrected chi connectivity index (χ4v) is 10.8. The van der Waals surface area contributed by atoms with Gasteiger partial charge in [0.2, 0.25) is 0 Å². The van der Waals surface area contributed by atoms with Gasteiger partial charge in [-0.05, 0) is 74.1 Å². The minimum atomic E-state index is -1.34. The maximum absolute atomic E-state index is 14.8. The van der Waals surface area contributed by atoms with Crippen LogP contribution in [-0.2, 0) is 31.9 Å². The van der Waals surface area contributed by atoms with Gasteiger partial charge in [0.15, 0.2) is 0 Å². The van der Waals surface area contributed by atoms with E-state index >= 15 is 0 Å². The molecule has 6 aromatic carbocycles. The molecule has 3 nitrogen and oxygen atoms in total. The number of nitrogens with zero attached hydrogens (tertiary/aromatic N) is 3. The van der Waals surface area contributed by atoms with Crippen molar-refractivity contribution in [1.82, 2.24) is 14.5 Å². The van der Waals surface area contributed by atoms with Crippen molar-refractivity contribution in [2.24, 2.45) is 5.92 Å². The molecule has 0 N–H and O–H groups in total. The Hall–Kier alpha value is -5.04. The van der Waals surface area contributed by atoms with E-state index in [-0.39, 0.29) is 31.3 Å². The molecular formula is C53H50FIrN3SSi-2. The largest absolute Gasteiger partial charge is 0.332 e. The van der Waals surface area contributed by atoms with Gasteiger partial charge < -0.3 is 9.55 Å². The van der Waals surface area contributed by atoms with Crippen molar-refractivity contribution in [3.05, 3.63) is 169 Å². The van der Waals surface area contributed by atoms with Crippen molar-refractivity contribution in [1.29, 1.82) is 0 Å². The Balaban J connectivity index is 0.000000220. The molecular weight excluding hydrogens is 950 g/mol. The Morgan fingerprint density at radius 1 is 0.783 bits per heavy atom. The summed E-state index contributed by atoms with van der Waals surface area (Å²) in [4.78, 5) is 9.84. The number of benzene rings is 6. The van der Waals surface area contributed by atoms with Gasteiger partial charge >= 0.3 is 0 Å². The molecule has 0 aliphatic heterocycles. The molecule has 9 rings (SSSR count). The number of imidazole rings is 1. The summed E-state index contributed by atoms with van der Waals surface area (Å²) in [6.45, 7) is 18.4. The normalized spacial score (nSPS) is 11.8. The van der Waals surface area contributed by atoms with Crippen LogP contribution in [-0.4, -0.2) is 22.6 Å². The SMILES string of the molecule is CC(C)(C)c1cccc(-c2ccccc2)c1-n1c(-c2[c-]ccc3c2sc2ccccc23)nc2ccc(F)cc21.CC(C)Cc1cc(-c2[c-]cccc2)ncc1[Si](C)(C)C.[Ir]. The average Bonchev–Trinajstić information content (AvgIpc) is 3.79. The van der Waals surface area contributed by atoms with E-state index < -0.39 is 8.07 Å². The summed E-state index contributed by atoms with van der Waals surface area (Å²) >= 11 is 1.75. The third-order valence-corrected chi connectivity index (χ3v) is 14.0.